The first-order valence-electron chi connectivity index (χ1n) is 4.80. The highest BCUT2D eigenvalue weighted by molar-refractivity contribution is 5.79. The summed E-state index contributed by atoms with van der Waals surface area (Å²) in [5, 5.41) is 1.47. The van der Waals surface area contributed by atoms with Crippen molar-refractivity contribution >= 4 is 5.91 Å². The summed E-state index contributed by atoms with van der Waals surface area (Å²) < 4.78 is 0. The Morgan fingerprint density at radius 1 is 1.47 bits per heavy atom. The van der Waals surface area contributed by atoms with Crippen molar-refractivity contribution in [1.29, 1.82) is 0 Å². The molecule has 1 amide bonds. The standard InChI is InChI=1S/C11H16N2O2/c1-9(11(12)14)13(2)15-8-10-6-4-3-5-7-10/h3-7,9H,8H2,1-2H3,(H2,12,14). The molecule has 0 saturated carbocycles. The fourth-order valence-corrected chi connectivity index (χ4v) is 1.04. The number of hydrogen-bond donors (Lipinski definition) is 1. The maximum Gasteiger partial charge on any atom is 0.236 e. The van der Waals surface area contributed by atoms with E-state index >= 15 is 0 Å². The van der Waals surface area contributed by atoms with Crippen molar-refractivity contribution in [2.45, 2.75) is 19.6 Å². The monoisotopic (exact) mass is 208 g/mol. The predicted molar refractivity (Wildman–Crippen MR) is 57.7 cm³/mol. The number of rotatable bonds is 5. The Morgan fingerprint density at radius 3 is 2.60 bits per heavy atom. The molecule has 2 N–H and O–H groups in total. The van der Waals surface area contributed by atoms with Crippen molar-refractivity contribution in [3.8, 4) is 0 Å². The summed E-state index contributed by atoms with van der Waals surface area (Å²) >= 11 is 0. The molecule has 0 fully saturated rings. The zero-order chi connectivity index (χ0) is 11.3. The second kappa shape index (κ2) is 5.48. The van der Waals surface area contributed by atoms with Crippen molar-refractivity contribution in [2.75, 3.05) is 7.05 Å². The normalized spacial score (nSPS) is 12.7. The van der Waals surface area contributed by atoms with E-state index < -0.39 is 11.9 Å². The molecule has 1 aromatic carbocycles. The first-order chi connectivity index (χ1) is 7.11. The summed E-state index contributed by atoms with van der Waals surface area (Å²) in [7, 11) is 1.69. The van der Waals surface area contributed by atoms with Crippen molar-refractivity contribution in [3.63, 3.8) is 0 Å². The van der Waals surface area contributed by atoms with Gasteiger partial charge in [0.2, 0.25) is 5.91 Å². The minimum Gasteiger partial charge on any atom is -0.368 e. The lowest BCUT2D eigenvalue weighted by Gasteiger charge is -2.21. The van der Waals surface area contributed by atoms with Gasteiger partial charge in [-0.2, -0.15) is 5.06 Å². The van der Waals surface area contributed by atoms with Crippen LogP contribution in [0.5, 0.6) is 0 Å². The molecule has 4 heteroatoms. The van der Waals surface area contributed by atoms with Crippen LogP contribution in [0.3, 0.4) is 0 Å². The van der Waals surface area contributed by atoms with Crippen LogP contribution in [0, 0.1) is 0 Å². The summed E-state index contributed by atoms with van der Waals surface area (Å²) in [4.78, 5) is 16.2. The highest BCUT2D eigenvalue weighted by atomic mass is 16.7. The van der Waals surface area contributed by atoms with Crippen LogP contribution in [-0.4, -0.2) is 24.1 Å². The van der Waals surface area contributed by atoms with Gasteiger partial charge in [0.05, 0.1) is 6.61 Å². The van der Waals surface area contributed by atoms with Crippen molar-refractivity contribution in [3.05, 3.63) is 35.9 Å². The van der Waals surface area contributed by atoms with Crippen LogP contribution in [0.2, 0.25) is 0 Å². The average Bonchev–Trinajstić information content (AvgIpc) is 2.26. The molecule has 0 aliphatic carbocycles. The smallest absolute Gasteiger partial charge is 0.236 e. The van der Waals surface area contributed by atoms with Crippen LogP contribution in [0.4, 0.5) is 0 Å². The molecule has 0 aliphatic rings. The number of likely N-dealkylation sites (N-methyl/N-ethyl adjacent to an activating group) is 1. The van der Waals surface area contributed by atoms with Gasteiger partial charge in [0.25, 0.3) is 0 Å². The number of carbonyl (C=O) groups excluding carboxylic acids is 1. The third-order valence-corrected chi connectivity index (χ3v) is 2.23. The first kappa shape index (κ1) is 11.7. The third-order valence-electron chi connectivity index (χ3n) is 2.23. The number of hydroxylamine groups is 2. The van der Waals surface area contributed by atoms with Crippen molar-refractivity contribution < 1.29 is 9.63 Å². The molecular formula is C11H16N2O2. The molecule has 0 aliphatic heterocycles. The van der Waals surface area contributed by atoms with Crippen LogP contribution < -0.4 is 5.73 Å². The summed E-state index contributed by atoms with van der Waals surface area (Å²) in [6.45, 7) is 2.14. The Morgan fingerprint density at radius 2 is 2.07 bits per heavy atom. The number of carbonyl (C=O) groups is 1. The molecule has 0 saturated heterocycles. The Balaban J connectivity index is 2.41. The number of benzene rings is 1. The van der Waals surface area contributed by atoms with E-state index in [1.165, 1.54) is 5.06 Å². The maximum absolute atomic E-state index is 10.9. The second-order valence-electron chi connectivity index (χ2n) is 3.38. The number of nitrogens with two attached hydrogens (primary N) is 1. The van der Waals surface area contributed by atoms with Crippen LogP contribution in [0.25, 0.3) is 0 Å². The van der Waals surface area contributed by atoms with Gasteiger partial charge in [0.1, 0.15) is 6.04 Å². The lowest BCUT2D eigenvalue weighted by Crippen LogP contribution is -2.40. The van der Waals surface area contributed by atoms with E-state index in [1.807, 2.05) is 30.3 Å². The van der Waals surface area contributed by atoms with Gasteiger partial charge in [-0.25, -0.2) is 0 Å². The minimum atomic E-state index is -0.422. The van der Waals surface area contributed by atoms with Gasteiger partial charge in [0.15, 0.2) is 0 Å². The first-order valence-corrected chi connectivity index (χ1v) is 4.80. The van der Waals surface area contributed by atoms with Crippen molar-refractivity contribution in [2.24, 2.45) is 5.73 Å². The maximum atomic E-state index is 10.9. The number of hydrogen-bond acceptors (Lipinski definition) is 3. The lowest BCUT2D eigenvalue weighted by molar-refractivity contribution is -0.179. The van der Waals surface area contributed by atoms with E-state index in [9.17, 15) is 4.79 Å². The van der Waals surface area contributed by atoms with Gasteiger partial charge in [-0.1, -0.05) is 30.3 Å². The Kier molecular flexibility index (Phi) is 4.27. The molecule has 1 aromatic rings. The minimum absolute atomic E-state index is 0.398. The van der Waals surface area contributed by atoms with E-state index in [0.717, 1.165) is 5.56 Å². The van der Waals surface area contributed by atoms with E-state index in [0.29, 0.717) is 6.61 Å². The summed E-state index contributed by atoms with van der Waals surface area (Å²) in [5.41, 5.74) is 6.20. The molecule has 1 rings (SSSR count). The second-order valence-corrected chi connectivity index (χ2v) is 3.38. The van der Waals surface area contributed by atoms with Gasteiger partial charge < -0.3 is 5.73 Å². The summed E-state index contributed by atoms with van der Waals surface area (Å²) in [6.07, 6.45) is 0. The molecule has 0 radical (unpaired) electrons. The van der Waals surface area contributed by atoms with Gasteiger partial charge in [-0.05, 0) is 12.5 Å². The molecule has 1 atom stereocenters. The van der Waals surface area contributed by atoms with Gasteiger partial charge >= 0.3 is 0 Å². The Hall–Kier alpha value is -1.39. The highest BCUT2D eigenvalue weighted by Gasteiger charge is 2.14. The van der Waals surface area contributed by atoms with Gasteiger partial charge in [-0.15, -0.1) is 0 Å². The molecule has 15 heavy (non-hydrogen) atoms. The van der Waals surface area contributed by atoms with Crippen LogP contribution in [-0.2, 0) is 16.2 Å². The topological polar surface area (TPSA) is 55.6 Å². The highest BCUT2D eigenvalue weighted by Crippen LogP contribution is 2.03. The predicted octanol–water partition coefficient (Wildman–Crippen LogP) is 0.924. The largest absolute Gasteiger partial charge is 0.368 e. The van der Waals surface area contributed by atoms with Gasteiger partial charge in [0, 0.05) is 7.05 Å². The van der Waals surface area contributed by atoms with Gasteiger partial charge in [-0.3, -0.25) is 9.63 Å². The quantitative estimate of drug-likeness (QED) is 0.732. The Labute approximate surface area is 89.6 Å². The van der Waals surface area contributed by atoms with E-state index in [2.05, 4.69) is 0 Å². The number of amides is 1. The molecule has 0 aromatic heterocycles. The lowest BCUT2D eigenvalue weighted by atomic mass is 10.2. The third kappa shape index (κ3) is 3.69. The molecule has 0 heterocycles. The summed E-state index contributed by atoms with van der Waals surface area (Å²) in [6, 6.07) is 9.32. The van der Waals surface area contributed by atoms with Crippen LogP contribution in [0.1, 0.15) is 12.5 Å². The average molecular weight is 208 g/mol. The zero-order valence-corrected chi connectivity index (χ0v) is 9.01. The van der Waals surface area contributed by atoms with E-state index in [4.69, 9.17) is 10.6 Å². The summed E-state index contributed by atoms with van der Waals surface area (Å²) in [5.74, 6) is -0.398. The molecule has 1 unspecified atom stereocenters. The van der Waals surface area contributed by atoms with Crippen LogP contribution >= 0.6 is 0 Å². The fraction of sp³-hybridized carbons (Fsp3) is 0.364. The molecule has 82 valence electrons. The molecule has 0 bridgehead atoms. The number of primary amides is 1. The van der Waals surface area contributed by atoms with Crippen LogP contribution in [0.15, 0.2) is 30.3 Å². The van der Waals surface area contributed by atoms with E-state index in [-0.39, 0.29) is 0 Å². The van der Waals surface area contributed by atoms with Crippen molar-refractivity contribution in [1.82, 2.24) is 5.06 Å². The fourth-order valence-electron chi connectivity index (χ4n) is 1.04. The molecule has 4 nitrogen and oxygen atoms in total. The number of nitrogens with zero attached hydrogens (tertiary/aromatic N) is 1. The SMILES string of the molecule is CC(C(N)=O)N(C)OCc1ccccc1. The zero-order valence-electron chi connectivity index (χ0n) is 9.01. The van der Waals surface area contributed by atoms with E-state index in [1.54, 1.807) is 14.0 Å². The molecule has 0 spiro atoms. The molecular weight excluding hydrogens is 192 g/mol. The Bertz CT molecular complexity index is 314.